The molecule has 6 nitrogen and oxygen atoms in total. The molecular weight excluding hydrogens is 326 g/mol. The van der Waals surface area contributed by atoms with Crippen molar-refractivity contribution in [1.29, 1.82) is 0 Å². The van der Waals surface area contributed by atoms with Gasteiger partial charge in [0.1, 0.15) is 0 Å². The van der Waals surface area contributed by atoms with Gasteiger partial charge in [0.25, 0.3) is 15.9 Å². The summed E-state index contributed by atoms with van der Waals surface area (Å²) in [5.41, 5.74) is 2.03. The van der Waals surface area contributed by atoms with Gasteiger partial charge in [-0.3, -0.25) is 9.78 Å². The number of carbonyl (C=O) groups excluding carboxylic acids is 1. The lowest BCUT2D eigenvalue weighted by Gasteiger charge is -2.05. The maximum Gasteiger partial charge on any atom is 0.283 e. The average Bonchev–Trinajstić information content (AvgIpc) is 2.54. The zero-order valence-electron chi connectivity index (χ0n) is 13.5. The van der Waals surface area contributed by atoms with Crippen LogP contribution in [0.25, 0.3) is 6.08 Å². The zero-order chi connectivity index (χ0) is 17.6. The first-order valence-electron chi connectivity index (χ1n) is 7.46. The lowest BCUT2D eigenvalue weighted by Crippen LogP contribution is -2.29. The maximum atomic E-state index is 11.9. The predicted octanol–water partition coefficient (Wildman–Crippen LogP) is 2.19. The molecule has 1 amide bonds. The fraction of sp³-hybridized carbons (Fsp3) is 0.235. The molecule has 1 aromatic carbocycles. The number of hydrogen-bond donors (Lipinski definition) is 1. The van der Waals surface area contributed by atoms with Crippen LogP contribution >= 0.6 is 0 Å². The molecule has 0 aliphatic rings. The molecular formula is C17H19N3O3S. The highest BCUT2D eigenvalue weighted by molar-refractivity contribution is 7.90. The van der Waals surface area contributed by atoms with Gasteiger partial charge in [0.05, 0.1) is 6.20 Å². The van der Waals surface area contributed by atoms with Gasteiger partial charge in [-0.15, -0.1) is 0 Å². The number of aromatic nitrogens is 2. The summed E-state index contributed by atoms with van der Waals surface area (Å²) >= 11 is 0. The number of nitrogens with one attached hydrogen (secondary N) is 1. The quantitative estimate of drug-likeness (QED) is 0.811. The highest BCUT2D eigenvalue weighted by atomic mass is 32.2. The van der Waals surface area contributed by atoms with Crippen molar-refractivity contribution in [1.82, 2.24) is 14.7 Å². The maximum absolute atomic E-state index is 11.9. The topological polar surface area (TPSA) is 89.0 Å². The number of hydrogen-bond acceptors (Lipinski definition) is 5. The van der Waals surface area contributed by atoms with Gasteiger partial charge in [-0.05, 0) is 29.5 Å². The van der Waals surface area contributed by atoms with Crippen LogP contribution in [0.4, 0.5) is 0 Å². The molecule has 0 fully saturated rings. The Labute approximate surface area is 141 Å². The lowest BCUT2D eigenvalue weighted by atomic mass is 10.0. The summed E-state index contributed by atoms with van der Waals surface area (Å²) in [7, 11) is -4.01. The highest BCUT2D eigenvalue weighted by Gasteiger charge is 2.17. The number of benzene rings is 1. The third-order valence-corrected chi connectivity index (χ3v) is 4.33. The van der Waals surface area contributed by atoms with Gasteiger partial charge in [0.2, 0.25) is 0 Å². The molecule has 0 saturated carbocycles. The Morgan fingerprint density at radius 3 is 2.50 bits per heavy atom. The largest absolute Gasteiger partial charge is 0.283 e. The molecule has 0 radical (unpaired) electrons. The molecule has 2 rings (SSSR count). The van der Waals surface area contributed by atoms with Crippen molar-refractivity contribution in [3.63, 3.8) is 0 Å². The van der Waals surface area contributed by atoms with Gasteiger partial charge in [0, 0.05) is 18.5 Å². The second-order valence-electron chi connectivity index (χ2n) is 5.69. The van der Waals surface area contributed by atoms with E-state index in [1.165, 1.54) is 24.0 Å². The summed E-state index contributed by atoms with van der Waals surface area (Å²) < 4.78 is 25.8. The van der Waals surface area contributed by atoms with Crippen LogP contribution in [0.3, 0.4) is 0 Å². The Kier molecular flexibility index (Phi) is 5.81. The Morgan fingerprint density at radius 1 is 1.21 bits per heavy atom. The Hall–Kier alpha value is -2.54. The molecule has 0 bridgehead atoms. The minimum Gasteiger partial charge on any atom is -0.269 e. The molecule has 0 aliphatic carbocycles. The van der Waals surface area contributed by atoms with E-state index in [4.69, 9.17) is 0 Å². The van der Waals surface area contributed by atoms with E-state index in [-0.39, 0.29) is 5.03 Å². The molecule has 0 unspecified atom stereocenters. The summed E-state index contributed by atoms with van der Waals surface area (Å²) in [6.45, 7) is 4.30. The monoisotopic (exact) mass is 345 g/mol. The van der Waals surface area contributed by atoms with Gasteiger partial charge in [0.15, 0.2) is 5.03 Å². The summed E-state index contributed by atoms with van der Waals surface area (Å²) in [6.07, 6.45) is 7.39. The van der Waals surface area contributed by atoms with E-state index in [1.807, 2.05) is 29.0 Å². The predicted molar refractivity (Wildman–Crippen MR) is 91.4 cm³/mol. The average molecular weight is 345 g/mol. The molecule has 0 atom stereocenters. The van der Waals surface area contributed by atoms with Crippen LogP contribution in [0, 0.1) is 5.92 Å². The smallest absolute Gasteiger partial charge is 0.269 e. The van der Waals surface area contributed by atoms with Crippen LogP contribution in [0.1, 0.15) is 25.0 Å². The molecule has 126 valence electrons. The van der Waals surface area contributed by atoms with Crippen molar-refractivity contribution in [2.75, 3.05) is 0 Å². The summed E-state index contributed by atoms with van der Waals surface area (Å²) in [4.78, 5) is 19.1. The molecule has 0 aliphatic heterocycles. The molecule has 1 heterocycles. The van der Waals surface area contributed by atoms with Crippen molar-refractivity contribution in [2.45, 2.75) is 25.3 Å². The van der Waals surface area contributed by atoms with Crippen LogP contribution in [0.15, 0.2) is 54.0 Å². The van der Waals surface area contributed by atoms with Crippen molar-refractivity contribution < 1.29 is 13.2 Å². The van der Waals surface area contributed by atoms with Gasteiger partial charge in [-0.1, -0.05) is 38.1 Å². The summed E-state index contributed by atoms with van der Waals surface area (Å²) in [5, 5.41) is -0.301. The SMILES string of the molecule is CC(C)Cc1ccc(/C=C/C(=O)NS(=O)(=O)c2cnccn2)cc1. The van der Waals surface area contributed by atoms with E-state index >= 15 is 0 Å². The highest BCUT2D eigenvalue weighted by Crippen LogP contribution is 2.11. The van der Waals surface area contributed by atoms with Crippen LogP contribution in [-0.4, -0.2) is 24.3 Å². The van der Waals surface area contributed by atoms with Gasteiger partial charge >= 0.3 is 0 Å². The zero-order valence-corrected chi connectivity index (χ0v) is 14.3. The molecule has 1 N–H and O–H groups in total. The third-order valence-electron chi connectivity index (χ3n) is 3.10. The van der Waals surface area contributed by atoms with E-state index < -0.39 is 15.9 Å². The second-order valence-corrected chi connectivity index (χ2v) is 7.32. The molecule has 0 spiro atoms. The standard InChI is InChI=1S/C17H19N3O3S/c1-13(2)11-15-5-3-14(4-6-15)7-8-16(21)20-24(22,23)17-12-18-9-10-19-17/h3-10,12-13H,11H2,1-2H3,(H,20,21)/b8-7+. The van der Waals surface area contributed by atoms with E-state index in [1.54, 1.807) is 6.08 Å². The molecule has 0 saturated heterocycles. The van der Waals surface area contributed by atoms with Crippen molar-refractivity contribution in [3.05, 3.63) is 60.1 Å². The normalized spacial score (nSPS) is 11.8. The minimum atomic E-state index is -4.01. The summed E-state index contributed by atoms with van der Waals surface area (Å²) in [5.74, 6) is -0.171. The molecule has 1 aromatic heterocycles. The van der Waals surface area contributed by atoms with Gasteiger partial charge < -0.3 is 0 Å². The first-order chi connectivity index (χ1) is 11.4. The van der Waals surface area contributed by atoms with Crippen LogP contribution in [0.5, 0.6) is 0 Å². The van der Waals surface area contributed by atoms with E-state index in [9.17, 15) is 13.2 Å². The molecule has 2 aromatic rings. The van der Waals surface area contributed by atoms with E-state index in [0.29, 0.717) is 5.92 Å². The number of rotatable bonds is 6. The second kappa shape index (κ2) is 7.83. The first-order valence-corrected chi connectivity index (χ1v) is 8.95. The van der Waals surface area contributed by atoms with E-state index in [0.717, 1.165) is 18.2 Å². The number of sulfonamides is 1. The molecule has 24 heavy (non-hydrogen) atoms. The fourth-order valence-corrected chi connectivity index (χ4v) is 2.89. The van der Waals surface area contributed by atoms with Crippen LogP contribution in [-0.2, 0) is 21.2 Å². The molecule has 7 heteroatoms. The van der Waals surface area contributed by atoms with E-state index in [2.05, 4.69) is 23.8 Å². The van der Waals surface area contributed by atoms with Crippen molar-refractivity contribution >= 4 is 22.0 Å². The Balaban J connectivity index is 2.00. The Morgan fingerprint density at radius 2 is 1.92 bits per heavy atom. The minimum absolute atomic E-state index is 0.301. The first kappa shape index (κ1) is 17.8. The van der Waals surface area contributed by atoms with Crippen LogP contribution in [0.2, 0.25) is 0 Å². The van der Waals surface area contributed by atoms with Gasteiger partial charge in [-0.25, -0.2) is 9.71 Å². The number of carbonyl (C=O) groups is 1. The number of amides is 1. The Bertz CT molecular complexity index is 814. The van der Waals surface area contributed by atoms with Gasteiger partial charge in [-0.2, -0.15) is 8.42 Å². The number of nitrogens with zero attached hydrogens (tertiary/aromatic N) is 2. The van der Waals surface area contributed by atoms with Crippen molar-refractivity contribution in [2.24, 2.45) is 5.92 Å². The summed E-state index contributed by atoms with van der Waals surface area (Å²) in [6, 6.07) is 7.76. The fourth-order valence-electron chi connectivity index (χ4n) is 2.05. The lowest BCUT2D eigenvalue weighted by molar-refractivity contribution is -0.114. The van der Waals surface area contributed by atoms with Crippen LogP contribution < -0.4 is 4.72 Å². The van der Waals surface area contributed by atoms with Crippen molar-refractivity contribution in [3.8, 4) is 0 Å². The third kappa shape index (κ3) is 5.27.